The van der Waals surface area contributed by atoms with E-state index in [1.165, 1.54) is 32.7 Å². The van der Waals surface area contributed by atoms with E-state index in [0.717, 1.165) is 0 Å². The first-order valence-corrected chi connectivity index (χ1v) is 6.80. The minimum Gasteiger partial charge on any atom is -0.300 e. The molecule has 3 aromatic rings. The molecule has 1 heteroatoms. The quantitative estimate of drug-likeness (QED) is 0.467. The SMILES string of the molecule is C1=CC2NC2c2cc3ccc4ccccc4c3cc21. The lowest BCUT2D eigenvalue weighted by molar-refractivity contribution is 1.06. The van der Waals surface area contributed by atoms with Gasteiger partial charge >= 0.3 is 0 Å². The van der Waals surface area contributed by atoms with Gasteiger partial charge in [-0.2, -0.15) is 0 Å². The summed E-state index contributed by atoms with van der Waals surface area (Å²) >= 11 is 0. The largest absolute Gasteiger partial charge is 0.300 e. The molecule has 1 nitrogen and oxygen atoms in total. The highest BCUT2D eigenvalue weighted by Gasteiger charge is 2.38. The van der Waals surface area contributed by atoms with E-state index in [0.29, 0.717) is 12.1 Å². The number of rotatable bonds is 0. The van der Waals surface area contributed by atoms with Crippen LogP contribution < -0.4 is 5.32 Å². The van der Waals surface area contributed by atoms with E-state index in [9.17, 15) is 0 Å². The van der Waals surface area contributed by atoms with Crippen LogP contribution in [0.15, 0.2) is 54.6 Å². The van der Waals surface area contributed by atoms with Crippen LogP contribution in [-0.2, 0) is 0 Å². The van der Waals surface area contributed by atoms with Crippen LogP contribution >= 0.6 is 0 Å². The van der Waals surface area contributed by atoms with Gasteiger partial charge in [0.1, 0.15) is 0 Å². The predicted octanol–water partition coefficient (Wildman–Crippen LogP) is 4.03. The fourth-order valence-corrected chi connectivity index (χ4v) is 3.31. The summed E-state index contributed by atoms with van der Waals surface area (Å²) in [7, 11) is 0. The molecule has 0 amide bonds. The Morgan fingerprint density at radius 3 is 2.74 bits per heavy atom. The van der Waals surface area contributed by atoms with Crippen molar-refractivity contribution in [1.82, 2.24) is 5.32 Å². The lowest BCUT2D eigenvalue weighted by Gasteiger charge is -2.12. The van der Waals surface area contributed by atoms with Gasteiger partial charge in [-0.1, -0.05) is 48.6 Å². The van der Waals surface area contributed by atoms with Gasteiger partial charge in [0.05, 0.1) is 6.04 Å². The van der Waals surface area contributed by atoms with Crippen LogP contribution in [0.5, 0.6) is 0 Å². The van der Waals surface area contributed by atoms with Gasteiger partial charge in [0.2, 0.25) is 0 Å². The monoisotopic (exact) mass is 243 g/mol. The molecule has 1 N–H and O–H groups in total. The molecule has 90 valence electrons. The summed E-state index contributed by atoms with van der Waals surface area (Å²) in [6.45, 7) is 0. The minimum absolute atomic E-state index is 0.552. The molecule has 1 heterocycles. The van der Waals surface area contributed by atoms with Gasteiger partial charge in [-0.05, 0) is 44.8 Å². The molecule has 19 heavy (non-hydrogen) atoms. The first-order valence-electron chi connectivity index (χ1n) is 6.80. The van der Waals surface area contributed by atoms with Gasteiger partial charge in [-0.15, -0.1) is 0 Å². The fourth-order valence-electron chi connectivity index (χ4n) is 3.31. The second-order valence-corrected chi connectivity index (χ2v) is 5.52. The Morgan fingerprint density at radius 1 is 0.842 bits per heavy atom. The lowest BCUT2D eigenvalue weighted by atomic mass is 9.92. The summed E-state index contributed by atoms with van der Waals surface area (Å²) in [6, 6.07) is 18.9. The number of nitrogens with one attached hydrogen (secondary N) is 1. The molecule has 2 atom stereocenters. The normalized spacial score (nSPS) is 23.4. The molecule has 0 bridgehead atoms. The lowest BCUT2D eigenvalue weighted by Crippen LogP contribution is -1.95. The summed E-state index contributed by atoms with van der Waals surface area (Å²) < 4.78 is 0. The van der Waals surface area contributed by atoms with Crippen molar-refractivity contribution in [1.29, 1.82) is 0 Å². The zero-order chi connectivity index (χ0) is 12.4. The van der Waals surface area contributed by atoms with Gasteiger partial charge in [0.25, 0.3) is 0 Å². The van der Waals surface area contributed by atoms with E-state index in [4.69, 9.17) is 0 Å². The van der Waals surface area contributed by atoms with E-state index in [1.54, 1.807) is 0 Å². The maximum atomic E-state index is 3.50. The van der Waals surface area contributed by atoms with Crippen LogP contribution in [0.4, 0.5) is 0 Å². The summed E-state index contributed by atoms with van der Waals surface area (Å²) in [5.41, 5.74) is 2.82. The number of benzene rings is 3. The number of hydrogen-bond acceptors (Lipinski definition) is 1. The van der Waals surface area contributed by atoms with Gasteiger partial charge in [0, 0.05) is 6.04 Å². The maximum Gasteiger partial charge on any atom is 0.0523 e. The number of fused-ring (bicyclic) bond motifs is 6. The second kappa shape index (κ2) is 3.25. The molecule has 1 aliphatic carbocycles. The molecule has 1 aliphatic heterocycles. The van der Waals surface area contributed by atoms with Crippen molar-refractivity contribution in [2.45, 2.75) is 12.1 Å². The molecule has 1 saturated heterocycles. The molecule has 2 unspecified atom stereocenters. The van der Waals surface area contributed by atoms with E-state index in [2.05, 4.69) is 66.0 Å². The molecule has 3 aromatic carbocycles. The molecule has 1 fully saturated rings. The third-order valence-electron chi connectivity index (χ3n) is 4.39. The Bertz CT molecular complexity index is 860. The van der Waals surface area contributed by atoms with E-state index < -0.39 is 0 Å². The Hall–Kier alpha value is -2.12. The predicted molar refractivity (Wildman–Crippen MR) is 80.2 cm³/mol. The van der Waals surface area contributed by atoms with Crippen molar-refractivity contribution in [2.75, 3.05) is 0 Å². The Labute approximate surface area is 111 Å². The molecule has 0 saturated carbocycles. The first-order chi connectivity index (χ1) is 9.40. The van der Waals surface area contributed by atoms with E-state index in [1.807, 2.05) is 0 Å². The van der Waals surface area contributed by atoms with Crippen molar-refractivity contribution < 1.29 is 0 Å². The molecular formula is C18H13N. The van der Waals surface area contributed by atoms with E-state index >= 15 is 0 Å². The molecule has 0 spiro atoms. The van der Waals surface area contributed by atoms with Gasteiger partial charge in [0.15, 0.2) is 0 Å². The van der Waals surface area contributed by atoms with Gasteiger partial charge < -0.3 is 5.32 Å². The average molecular weight is 243 g/mol. The highest BCUT2D eigenvalue weighted by molar-refractivity contribution is 6.08. The Morgan fingerprint density at radius 2 is 1.74 bits per heavy atom. The third kappa shape index (κ3) is 1.28. The van der Waals surface area contributed by atoms with Crippen molar-refractivity contribution in [3.05, 3.63) is 65.7 Å². The molecular weight excluding hydrogens is 230 g/mol. The maximum absolute atomic E-state index is 3.50. The summed E-state index contributed by atoms with van der Waals surface area (Å²) in [6.07, 6.45) is 4.54. The van der Waals surface area contributed by atoms with Crippen LogP contribution in [0.25, 0.3) is 27.6 Å². The molecule has 5 rings (SSSR count). The van der Waals surface area contributed by atoms with Crippen LogP contribution in [0.1, 0.15) is 17.2 Å². The first kappa shape index (κ1) is 9.76. The van der Waals surface area contributed by atoms with Crippen molar-refractivity contribution >= 4 is 27.6 Å². The zero-order valence-electron chi connectivity index (χ0n) is 10.4. The number of hydrogen-bond donors (Lipinski definition) is 1. The van der Waals surface area contributed by atoms with Gasteiger partial charge in [-0.25, -0.2) is 0 Å². The summed E-state index contributed by atoms with van der Waals surface area (Å²) in [5, 5.41) is 8.88. The standard InChI is InChI=1S/C18H13N/c1-2-4-14-11(3-1)5-6-12-10-16-13(9-15(12)14)7-8-17-18(16)19-17/h1-10,17-19H. The highest BCUT2D eigenvalue weighted by atomic mass is 15.1. The van der Waals surface area contributed by atoms with Crippen molar-refractivity contribution in [2.24, 2.45) is 0 Å². The van der Waals surface area contributed by atoms with Crippen LogP contribution in [0.3, 0.4) is 0 Å². The Balaban J connectivity index is 1.93. The minimum atomic E-state index is 0.552. The summed E-state index contributed by atoms with van der Waals surface area (Å²) in [4.78, 5) is 0. The fraction of sp³-hybridized carbons (Fsp3) is 0.111. The summed E-state index contributed by atoms with van der Waals surface area (Å²) in [5.74, 6) is 0. The van der Waals surface area contributed by atoms with Crippen LogP contribution in [-0.4, -0.2) is 6.04 Å². The second-order valence-electron chi connectivity index (χ2n) is 5.52. The van der Waals surface area contributed by atoms with Crippen LogP contribution in [0, 0.1) is 0 Å². The van der Waals surface area contributed by atoms with Gasteiger partial charge in [-0.3, -0.25) is 0 Å². The molecule has 0 radical (unpaired) electrons. The van der Waals surface area contributed by atoms with Crippen molar-refractivity contribution in [3.63, 3.8) is 0 Å². The van der Waals surface area contributed by atoms with Crippen LogP contribution in [0.2, 0.25) is 0 Å². The highest BCUT2D eigenvalue weighted by Crippen LogP contribution is 2.40. The molecule has 2 aliphatic rings. The molecule has 0 aromatic heterocycles. The van der Waals surface area contributed by atoms with Crippen molar-refractivity contribution in [3.8, 4) is 0 Å². The zero-order valence-corrected chi connectivity index (χ0v) is 10.4. The smallest absolute Gasteiger partial charge is 0.0523 e. The third-order valence-corrected chi connectivity index (χ3v) is 4.39. The van der Waals surface area contributed by atoms with E-state index in [-0.39, 0.29) is 0 Å². The topological polar surface area (TPSA) is 21.9 Å². The average Bonchev–Trinajstić information content (AvgIpc) is 3.25. The Kier molecular flexibility index (Phi) is 1.67.